The van der Waals surface area contributed by atoms with E-state index in [9.17, 15) is 39.6 Å². The van der Waals surface area contributed by atoms with Gasteiger partial charge in [0.15, 0.2) is 6.29 Å². The first-order chi connectivity index (χ1) is 25.0. The van der Waals surface area contributed by atoms with E-state index in [0.29, 0.717) is 18.6 Å². The lowest BCUT2D eigenvalue weighted by atomic mass is 9.73. The third-order valence-corrected chi connectivity index (χ3v) is 10.1. The fourth-order valence-electron chi connectivity index (χ4n) is 7.52. The number of hydrogen-bond donors (Lipinski definition) is 8. The molecule has 2 aliphatic heterocycles. The number of hydrogen-bond acceptors (Lipinski definition) is 14. The molecule has 4 rings (SSSR count). The van der Waals surface area contributed by atoms with Gasteiger partial charge in [-0.05, 0) is 86.1 Å². The first-order valence-corrected chi connectivity index (χ1v) is 18.6. The number of ether oxygens (including phenoxy) is 5. The highest BCUT2D eigenvalue weighted by molar-refractivity contribution is 5.81. The molecule has 0 spiro atoms. The van der Waals surface area contributed by atoms with Crippen molar-refractivity contribution in [2.24, 2.45) is 17.6 Å². The molecule has 12 unspecified atom stereocenters. The normalized spacial score (nSPS) is 34.5. The van der Waals surface area contributed by atoms with Crippen molar-refractivity contribution in [3.63, 3.8) is 0 Å². The third-order valence-electron chi connectivity index (χ3n) is 10.1. The molecule has 1 saturated heterocycles. The second kappa shape index (κ2) is 17.3. The molecule has 4 aliphatic rings. The summed E-state index contributed by atoms with van der Waals surface area (Å²) in [4.78, 5) is 51.9. The summed E-state index contributed by atoms with van der Waals surface area (Å²) in [7, 11) is 1.43. The molecule has 18 heteroatoms. The second-order valence-corrected chi connectivity index (χ2v) is 16.8. The van der Waals surface area contributed by atoms with E-state index in [2.05, 4.69) is 10.6 Å². The van der Waals surface area contributed by atoms with Gasteiger partial charge in [0.05, 0.1) is 36.9 Å². The van der Waals surface area contributed by atoms with Gasteiger partial charge >= 0.3 is 18.2 Å². The van der Waals surface area contributed by atoms with Crippen molar-refractivity contribution in [3.8, 4) is 0 Å². The van der Waals surface area contributed by atoms with Crippen molar-refractivity contribution in [3.05, 3.63) is 11.8 Å². The molecule has 54 heavy (non-hydrogen) atoms. The molecule has 0 aromatic carbocycles. The van der Waals surface area contributed by atoms with E-state index in [1.54, 1.807) is 41.5 Å². The molecule has 0 bridgehead atoms. The number of rotatable bonds is 12. The minimum absolute atomic E-state index is 0.0107. The fraction of sp³-hybridized carbons (Fsp3) is 0.833. The number of carboxylic acids is 1. The molecule has 3 fully saturated rings. The molecule has 18 nitrogen and oxygen atoms in total. The van der Waals surface area contributed by atoms with Crippen molar-refractivity contribution in [2.45, 2.75) is 158 Å². The molecule has 3 amide bonds. The summed E-state index contributed by atoms with van der Waals surface area (Å²) >= 11 is 0. The molecule has 308 valence electrons. The molecule has 0 radical (unpaired) electrons. The summed E-state index contributed by atoms with van der Waals surface area (Å²) in [6.45, 7) is 9.94. The standard InChI is InChI=1S/C36H60N4O14/c1-34(2,3)53-32(47)39-20-14-21(38-30(46)22(41)11-9-13-24(42)43)29(27(44)25(20)23-12-8-10-18(16-37)51-23)52-31-28(45)26(19-15-36(19,49)17-50-31)40(7)33(48)54-35(4,5)6/h10,19-23,25-29,31,41,44-45,49H,8-9,11-17,37H2,1-7H3,(H,38,46)(H,39,47)(H,42,43). The molecular weight excluding hydrogens is 712 g/mol. The summed E-state index contributed by atoms with van der Waals surface area (Å²) in [5.74, 6) is -2.99. The van der Waals surface area contributed by atoms with Crippen molar-refractivity contribution in [1.82, 2.24) is 15.5 Å². The third kappa shape index (κ3) is 11.2. The molecule has 2 aliphatic carbocycles. The van der Waals surface area contributed by atoms with E-state index in [1.807, 2.05) is 6.08 Å². The van der Waals surface area contributed by atoms with Gasteiger partial charge in [-0.25, -0.2) is 9.59 Å². The van der Waals surface area contributed by atoms with Crippen LogP contribution in [0.25, 0.3) is 0 Å². The Bertz CT molecular complexity index is 1380. The zero-order valence-electron chi connectivity index (χ0n) is 32.2. The Morgan fingerprint density at radius 1 is 1.06 bits per heavy atom. The number of likely N-dealkylation sites (N-methyl/N-ethyl adjacent to an activating group) is 1. The highest BCUT2D eigenvalue weighted by Gasteiger charge is 2.64. The first-order valence-electron chi connectivity index (χ1n) is 18.6. The van der Waals surface area contributed by atoms with Crippen LogP contribution in [0.3, 0.4) is 0 Å². The predicted octanol–water partition coefficient (Wildman–Crippen LogP) is 0.472. The number of nitrogens with zero attached hydrogens (tertiary/aromatic N) is 1. The maximum atomic E-state index is 13.4. The number of aliphatic carboxylic acids is 1. The predicted molar refractivity (Wildman–Crippen MR) is 189 cm³/mol. The minimum atomic E-state index is -1.62. The topological polar surface area (TPSA) is 269 Å². The van der Waals surface area contributed by atoms with Crippen molar-refractivity contribution in [2.75, 3.05) is 20.2 Å². The zero-order chi connectivity index (χ0) is 40.3. The van der Waals surface area contributed by atoms with Crippen LogP contribution in [-0.2, 0) is 33.3 Å². The molecule has 0 aromatic rings. The Kier molecular flexibility index (Phi) is 13.9. The van der Waals surface area contributed by atoms with Crippen LogP contribution in [0.5, 0.6) is 0 Å². The molecule has 12 atom stereocenters. The lowest BCUT2D eigenvalue weighted by molar-refractivity contribution is -0.259. The van der Waals surface area contributed by atoms with E-state index in [4.69, 9.17) is 34.5 Å². The van der Waals surface area contributed by atoms with Gasteiger partial charge < -0.3 is 70.5 Å². The van der Waals surface area contributed by atoms with Crippen LogP contribution in [0.15, 0.2) is 11.8 Å². The van der Waals surface area contributed by atoms with Gasteiger partial charge in [-0.1, -0.05) is 0 Å². The fourth-order valence-corrected chi connectivity index (χ4v) is 7.52. The number of nitrogens with one attached hydrogen (secondary N) is 2. The molecule has 2 saturated carbocycles. The highest BCUT2D eigenvalue weighted by Crippen LogP contribution is 2.51. The maximum absolute atomic E-state index is 13.4. The molecular formula is C36H60N4O14. The number of nitrogens with two attached hydrogens (primary N) is 1. The average molecular weight is 773 g/mol. The van der Waals surface area contributed by atoms with E-state index >= 15 is 0 Å². The SMILES string of the molecule is CN(C(=O)OC(C)(C)C)C1C(O)C(OC2C(NC(=O)C(O)CCCC(=O)O)CC(NC(=O)OC(C)(C)C)C(C3CCC=C(CN)O3)C2O)OCC2(O)CC12. The van der Waals surface area contributed by atoms with Crippen LogP contribution in [0.4, 0.5) is 9.59 Å². The number of carbonyl (C=O) groups is 4. The number of carboxylic acid groups (broad SMARTS) is 1. The Morgan fingerprint density at radius 2 is 1.72 bits per heavy atom. The molecule has 2 heterocycles. The van der Waals surface area contributed by atoms with Crippen LogP contribution in [-0.4, -0.2) is 146 Å². The van der Waals surface area contributed by atoms with Crippen molar-refractivity contribution < 1.29 is 68.4 Å². The van der Waals surface area contributed by atoms with Gasteiger partial charge in [-0.2, -0.15) is 0 Å². The average Bonchev–Trinajstić information content (AvgIpc) is 3.73. The number of fused-ring (bicyclic) bond motifs is 1. The minimum Gasteiger partial charge on any atom is -0.493 e. The number of alkyl carbamates (subject to hydrolysis) is 1. The number of amides is 3. The summed E-state index contributed by atoms with van der Waals surface area (Å²) in [5, 5.41) is 60.5. The van der Waals surface area contributed by atoms with Crippen LogP contribution in [0, 0.1) is 11.8 Å². The smallest absolute Gasteiger partial charge is 0.410 e. The van der Waals surface area contributed by atoms with Crippen molar-refractivity contribution in [1.29, 1.82) is 0 Å². The summed E-state index contributed by atoms with van der Waals surface area (Å²) < 4.78 is 29.6. The van der Waals surface area contributed by atoms with Crippen LogP contribution >= 0.6 is 0 Å². The molecule has 9 N–H and O–H groups in total. The summed E-state index contributed by atoms with van der Waals surface area (Å²) in [6, 6.07) is -3.09. The summed E-state index contributed by atoms with van der Waals surface area (Å²) in [5.41, 5.74) is 2.78. The Morgan fingerprint density at radius 3 is 2.33 bits per heavy atom. The Balaban J connectivity index is 1.68. The summed E-state index contributed by atoms with van der Waals surface area (Å²) in [6.07, 6.45) is -7.41. The van der Waals surface area contributed by atoms with Gasteiger partial charge in [0.1, 0.15) is 41.4 Å². The number of carbonyl (C=O) groups excluding carboxylic acids is 3. The van der Waals surface area contributed by atoms with E-state index < -0.39 is 108 Å². The van der Waals surface area contributed by atoms with Gasteiger partial charge in [0.25, 0.3) is 0 Å². The molecule has 0 aromatic heterocycles. The van der Waals surface area contributed by atoms with E-state index in [0.717, 1.165) is 0 Å². The van der Waals surface area contributed by atoms with Crippen molar-refractivity contribution >= 4 is 24.1 Å². The van der Waals surface area contributed by atoms with Crippen LogP contribution in [0.1, 0.15) is 86.5 Å². The second-order valence-electron chi connectivity index (χ2n) is 16.8. The number of allylic oxidation sites excluding steroid dienone is 1. The van der Waals surface area contributed by atoms with Gasteiger partial charge in [0, 0.05) is 31.3 Å². The van der Waals surface area contributed by atoms with Crippen LogP contribution < -0.4 is 16.4 Å². The Hall–Kier alpha value is -3.26. The highest BCUT2D eigenvalue weighted by atomic mass is 16.7. The van der Waals surface area contributed by atoms with Gasteiger partial charge in [0.2, 0.25) is 5.91 Å². The monoisotopic (exact) mass is 772 g/mol. The van der Waals surface area contributed by atoms with E-state index in [-0.39, 0.29) is 45.3 Å². The first kappa shape index (κ1) is 43.5. The lowest BCUT2D eigenvalue weighted by Gasteiger charge is -2.49. The maximum Gasteiger partial charge on any atom is 0.410 e. The van der Waals surface area contributed by atoms with Gasteiger partial charge in [-0.15, -0.1) is 0 Å². The van der Waals surface area contributed by atoms with Crippen LogP contribution in [0.2, 0.25) is 0 Å². The quantitative estimate of drug-likeness (QED) is 0.134. The number of aliphatic hydroxyl groups excluding tert-OH is 3. The van der Waals surface area contributed by atoms with E-state index in [1.165, 1.54) is 11.9 Å². The Labute approximate surface area is 315 Å². The lowest BCUT2D eigenvalue weighted by Crippen LogP contribution is -2.67. The zero-order valence-corrected chi connectivity index (χ0v) is 32.2. The number of aliphatic hydroxyl groups is 4. The van der Waals surface area contributed by atoms with Gasteiger partial charge in [-0.3, -0.25) is 9.59 Å². The largest absolute Gasteiger partial charge is 0.493 e.